The van der Waals surface area contributed by atoms with Gasteiger partial charge in [-0.1, -0.05) is 0 Å². The average Bonchev–Trinajstić information content (AvgIpc) is 2.17. The summed E-state index contributed by atoms with van der Waals surface area (Å²) in [6.07, 6.45) is 1.42. The van der Waals surface area contributed by atoms with E-state index in [4.69, 9.17) is 5.11 Å². The van der Waals surface area contributed by atoms with Gasteiger partial charge in [-0.05, 0) is 26.0 Å². The summed E-state index contributed by atoms with van der Waals surface area (Å²) in [5, 5.41) is 8.97. The number of likely N-dealkylation sites (N-methyl/N-ethyl adjacent to an activating group) is 1. The molecule has 0 spiro atoms. The van der Waals surface area contributed by atoms with Gasteiger partial charge >= 0.3 is 5.97 Å². The van der Waals surface area contributed by atoms with Gasteiger partial charge in [0, 0.05) is 13.2 Å². The fourth-order valence-electron chi connectivity index (χ4n) is 1.03. The van der Waals surface area contributed by atoms with E-state index >= 15 is 0 Å². The molecule has 0 aromatic carbocycles. The Hall–Kier alpha value is -1.65. The highest BCUT2D eigenvalue weighted by Crippen LogP contribution is 2.22. The smallest absolute Gasteiger partial charge is 0.328 e. The second-order valence-corrected chi connectivity index (χ2v) is 3.73. The summed E-state index contributed by atoms with van der Waals surface area (Å²) in [7, 11) is 1.50. The van der Waals surface area contributed by atoms with E-state index in [2.05, 4.69) is 4.98 Å². The van der Waals surface area contributed by atoms with E-state index in [0.29, 0.717) is 0 Å². The number of nitrogens with zero attached hydrogens (tertiary/aromatic N) is 2. The molecule has 0 atom stereocenters. The van der Waals surface area contributed by atoms with Crippen LogP contribution in [0.15, 0.2) is 18.3 Å². The molecule has 15 heavy (non-hydrogen) atoms. The van der Waals surface area contributed by atoms with Crippen LogP contribution in [0.25, 0.3) is 0 Å². The quantitative estimate of drug-likeness (QED) is 0.825. The zero-order valence-corrected chi connectivity index (χ0v) is 8.86. The molecule has 5 heteroatoms. The first-order valence-electron chi connectivity index (χ1n) is 4.45. The molecule has 0 saturated heterocycles. The highest BCUT2D eigenvalue weighted by molar-refractivity contribution is 5.81. The molecule has 1 aromatic rings. The lowest BCUT2D eigenvalue weighted by Gasteiger charge is -2.32. The van der Waals surface area contributed by atoms with Crippen molar-refractivity contribution in [3.63, 3.8) is 0 Å². The Morgan fingerprint density at radius 2 is 2.20 bits per heavy atom. The van der Waals surface area contributed by atoms with Gasteiger partial charge in [0.05, 0.1) is 0 Å². The Morgan fingerprint density at radius 3 is 2.67 bits per heavy atom. The molecule has 0 saturated carbocycles. The highest BCUT2D eigenvalue weighted by atomic mass is 19.1. The Kier molecular flexibility index (Phi) is 2.93. The van der Waals surface area contributed by atoms with E-state index in [1.165, 1.54) is 44.1 Å². The van der Waals surface area contributed by atoms with Crippen molar-refractivity contribution in [2.24, 2.45) is 0 Å². The van der Waals surface area contributed by atoms with Gasteiger partial charge in [0.25, 0.3) is 0 Å². The first-order chi connectivity index (χ1) is 6.87. The van der Waals surface area contributed by atoms with Crippen molar-refractivity contribution in [2.45, 2.75) is 19.4 Å². The lowest BCUT2D eigenvalue weighted by Crippen LogP contribution is -2.48. The molecule has 0 aliphatic carbocycles. The number of carbonyl (C=O) groups is 1. The number of halogens is 1. The summed E-state index contributed by atoms with van der Waals surface area (Å²) >= 11 is 0. The van der Waals surface area contributed by atoms with Gasteiger partial charge in [0.15, 0.2) is 11.6 Å². The minimum Gasteiger partial charge on any atom is -0.480 e. The third-order valence-electron chi connectivity index (χ3n) is 2.42. The normalized spacial score (nSPS) is 11.2. The maximum Gasteiger partial charge on any atom is 0.328 e. The number of aromatic nitrogens is 1. The molecule has 4 nitrogen and oxygen atoms in total. The standard InChI is InChI=1S/C10H13FN2O2/c1-10(2,9(14)15)13(3)8-7(11)5-4-6-12-8/h4-6H,1-3H3,(H,14,15). The third-order valence-corrected chi connectivity index (χ3v) is 2.42. The Bertz CT molecular complexity index is 379. The number of carboxylic acids is 1. The Morgan fingerprint density at radius 1 is 1.60 bits per heavy atom. The van der Waals surface area contributed by atoms with Crippen molar-refractivity contribution in [1.29, 1.82) is 0 Å². The molecule has 1 rings (SSSR count). The van der Waals surface area contributed by atoms with Gasteiger partial charge in [0.1, 0.15) is 5.54 Å². The van der Waals surface area contributed by atoms with Crippen LogP contribution in [0.1, 0.15) is 13.8 Å². The van der Waals surface area contributed by atoms with Crippen LogP contribution in [0.5, 0.6) is 0 Å². The number of hydrogen-bond donors (Lipinski definition) is 1. The summed E-state index contributed by atoms with van der Waals surface area (Å²) in [6.45, 7) is 2.98. The molecule has 0 aliphatic heterocycles. The van der Waals surface area contributed by atoms with Crippen LogP contribution < -0.4 is 4.90 Å². The molecule has 1 N–H and O–H groups in total. The molecule has 1 heterocycles. The van der Waals surface area contributed by atoms with Gasteiger partial charge in [-0.3, -0.25) is 0 Å². The molecule has 82 valence electrons. The molecule has 1 aromatic heterocycles. The zero-order chi connectivity index (χ0) is 11.6. The van der Waals surface area contributed by atoms with Gasteiger partial charge in [0.2, 0.25) is 0 Å². The van der Waals surface area contributed by atoms with Gasteiger partial charge in [-0.2, -0.15) is 0 Å². The molecule has 0 bridgehead atoms. The van der Waals surface area contributed by atoms with Gasteiger partial charge in [-0.15, -0.1) is 0 Å². The summed E-state index contributed by atoms with van der Waals surface area (Å²) in [5.74, 6) is -1.53. The second kappa shape index (κ2) is 3.84. The summed E-state index contributed by atoms with van der Waals surface area (Å²) in [5.41, 5.74) is -1.20. The molecular weight excluding hydrogens is 199 g/mol. The summed E-state index contributed by atoms with van der Waals surface area (Å²) < 4.78 is 13.3. The maximum atomic E-state index is 13.3. The Labute approximate surface area is 87.4 Å². The van der Waals surface area contributed by atoms with E-state index in [-0.39, 0.29) is 5.82 Å². The van der Waals surface area contributed by atoms with Gasteiger partial charge in [-0.25, -0.2) is 14.2 Å². The minimum atomic E-state index is -1.20. The van der Waals surface area contributed by atoms with E-state index in [0.717, 1.165) is 0 Å². The van der Waals surface area contributed by atoms with Gasteiger partial charge < -0.3 is 10.0 Å². The van der Waals surface area contributed by atoms with Crippen molar-refractivity contribution in [2.75, 3.05) is 11.9 Å². The number of hydrogen-bond acceptors (Lipinski definition) is 3. The maximum absolute atomic E-state index is 13.3. The summed E-state index contributed by atoms with van der Waals surface area (Å²) in [6, 6.07) is 2.71. The fraction of sp³-hybridized carbons (Fsp3) is 0.400. The predicted octanol–water partition coefficient (Wildman–Crippen LogP) is 1.52. The number of aliphatic carboxylic acids is 1. The van der Waals surface area contributed by atoms with Crippen molar-refractivity contribution < 1.29 is 14.3 Å². The van der Waals surface area contributed by atoms with E-state index in [9.17, 15) is 9.18 Å². The van der Waals surface area contributed by atoms with Crippen LogP contribution >= 0.6 is 0 Å². The first kappa shape index (κ1) is 11.4. The number of anilines is 1. The van der Waals surface area contributed by atoms with Crippen molar-refractivity contribution >= 4 is 11.8 Å². The highest BCUT2D eigenvalue weighted by Gasteiger charge is 2.34. The largest absolute Gasteiger partial charge is 0.480 e. The molecular formula is C10H13FN2O2. The molecule has 0 fully saturated rings. The summed E-state index contributed by atoms with van der Waals surface area (Å²) in [4.78, 5) is 16.1. The topological polar surface area (TPSA) is 53.4 Å². The number of rotatable bonds is 3. The lowest BCUT2D eigenvalue weighted by atomic mass is 10.0. The third kappa shape index (κ3) is 2.06. The fourth-order valence-corrected chi connectivity index (χ4v) is 1.03. The lowest BCUT2D eigenvalue weighted by molar-refractivity contribution is -0.142. The zero-order valence-electron chi connectivity index (χ0n) is 8.86. The SMILES string of the molecule is CN(c1ncccc1F)C(C)(C)C(=O)O. The van der Waals surface area contributed by atoms with Crippen LogP contribution in [-0.2, 0) is 4.79 Å². The van der Waals surface area contributed by atoms with E-state index in [1.54, 1.807) is 0 Å². The minimum absolute atomic E-state index is 0.0323. The van der Waals surface area contributed by atoms with Crippen molar-refractivity contribution in [3.8, 4) is 0 Å². The predicted molar refractivity (Wildman–Crippen MR) is 54.3 cm³/mol. The monoisotopic (exact) mass is 212 g/mol. The number of carboxylic acid groups (broad SMARTS) is 1. The van der Waals surface area contributed by atoms with E-state index in [1.807, 2.05) is 0 Å². The average molecular weight is 212 g/mol. The molecule has 0 aliphatic rings. The first-order valence-corrected chi connectivity index (χ1v) is 4.45. The van der Waals surface area contributed by atoms with Crippen LogP contribution in [-0.4, -0.2) is 28.6 Å². The molecule has 0 radical (unpaired) electrons. The molecule has 0 unspecified atom stereocenters. The van der Waals surface area contributed by atoms with Crippen LogP contribution in [0.4, 0.5) is 10.2 Å². The van der Waals surface area contributed by atoms with Crippen LogP contribution in [0.2, 0.25) is 0 Å². The Balaban J connectivity index is 3.10. The van der Waals surface area contributed by atoms with Crippen LogP contribution in [0, 0.1) is 5.82 Å². The second-order valence-electron chi connectivity index (χ2n) is 3.73. The van der Waals surface area contributed by atoms with Crippen LogP contribution in [0.3, 0.4) is 0 Å². The van der Waals surface area contributed by atoms with E-state index < -0.39 is 17.3 Å². The van der Waals surface area contributed by atoms with Crippen molar-refractivity contribution in [3.05, 3.63) is 24.1 Å². The number of pyridine rings is 1. The van der Waals surface area contributed by atoms with Crippen molar-refractivity contribution in [1.82, 2.24) is 4.98 Å². The molecule has 0 amide bonds.